The summed E-state index contributed by atoms with van der Waals surface area (Å²) in [6.07, 6.45) is -0.479. The fraction of sp³-hybridized carbons (Fsp3) is 0.533. The number of nitrogens with one attached hydrogen (secondary N) is 1. The number of hydrogen-bond donors (Lipinski definition) is 2. The van der Waals surface area contributed by atoms with E-state index in [-0.39, 0.29) is 0 Å². The van der Waals surface area contributed by atoms with Crippen LogP contribution in [-0.4, -0.2) is 30.0 Å². The van der Waals surface area contributed by atoms with Crippen LogP contribution in [0.1, 0.15) is 26.3 Å². The summed E-state index contributed by atoms with van der Waals surface area (Å²) in [6.45, 7) is 5.45. The van der Waals surface area contributed by atoms with Gasteiger partial charge < -0.3 is 9.84 Å². The van der Waals surface area contributed by atoms with Crippen LogP contribution < -0.4 is 5.32 Å². The molecule has 0 heterocycles. The molecule has 2 N–H and O–H groups in total. The molecular weight excluding hydrogens is 242 g/mol. The number of benzene rings is 1. The Bertz CT molecular complexity index is 398. The highest BCUT2D eigenvalue weighted by Crippen LogP contribution is 2.17. The number of aliphatic hydroxyl groups excluding tert-OH is 1. The van der Waals surface area contributed by atoms with Gasteiger partial charge in [0, 0.05) is 0 Å². The van der Waals surface area contributed by atoms with Gasteiger partial charge in [0.05, 0.1) is 0 Å². The first-order valence-corrected chi connectivity index (χ1v) is 6.45. The highest BCUT2D eigenvalue weighted by molar-refractivity contribution is 5.74. The quantitative estimate of drug-likeness (QED) is 0.629. The second-order valence-electron chi connectivity index (χ2n) is 5.56. The molecule has 0 aliphatic heterocycles. The number of carbonyl (C=O) groups excluding carboxylic acids is 1. The fourth-order valence-electron chi connectivity index (χ4n) is 1.77. The lowest BCUT2D eigenvalue weighted by molar-refractivity contribution is -0.164. The van der Waals surface area contributed by atoms with E-state index in [9.17, 15) is 9.90 Å². The van der Waals surface area contributed by atoms with Crippen LogP contribution in [0.5, 0.6) is 0 Å². The van der Waals surface area contributed by atoms with Gasteiger partial charge in [0.2, 0.25) is 0 Å². The predicted molar refractivity (Wildman–Crippen MR) is 74.5 cm³/mol. The molecule has 0 aliphatic carbocycles. The van der Waals surface area contributed by atoms with Crippen LogP contribution in [0, 0.1) is 5.92 Å². The van der Waals surface area contributed by atoms with Gasteiger partial charge in [-0.05, 0) is 39.8 Å². The van der Waals surface area contributed by atoms with Gasteiger partial charge in [-0.15, -0.1) is 0 Å². The molecular formula is C15H23NO3. The third kappa shape index (κ3) is 5.41. The van der Waals surface area contributed by atoms with E-state index in [0.717, 1.165) is 5.56 Å². The number of carbonyl (C=O) groups is 1. The second-order valence-corrected chi connectivity index (χ2v) is 5.56. The summed E-state index contributed by atoms with van der Waals surface area (Å²) in [5.74, 6) is -1.01. The Balaban J connectivity index is 2.81. The summed E-state index contributed by atoms with van der Waals surface area (Å²) in [7, 11) is 1.62. The van der Waals surface area contributed by atoms with Crippen molar-refractivity contribution in [3.05, 3.63) is 35.9 Å². The van der Waals surface area contributed by atoms with Crippen molar-refractivity contribution in [2.75, 3.05) is 7.05 Å². The van der Waals surface area contributed by atoms with E-state index in [0.29, 0.717) is 6.42 Å². The molecule has 1 aromatic carbocycles. The molecule has 1 unspecified atom stereocenters. The first-order chi connectivity index (χ1) is 8.83. The summed E-state index contributed by atoms with van der Waals surface area (Å²) < 4.78 is 5.36. The van der Waals surface area contributed by atoms with Crippen LogP contribution in [-0.2, 0) is 16.0 Å². The summed E-state index contributed by atoms with van der Waals surface area (Å²) in [6, 6.07) is 9.60. The van der Waals surface area contributed by atoms with Gasteiger partial charge in [-0.3, -0.25) is 10.1 Å². The zero-order valence-corrected chi connectivity index (χ0v) is 12.0. The average Bonchev–Trinajstić information content (AvgIpc) is 2.34. The molecule has 0 spiro atoms. The highest BCUT2D eigenvalue weighted by Gasteiger charge is 2.30. The topological polar surface area (TPSA) is 58.6 Å². The van der Waals surface area contributed by atoms with E-state index in [1.807, 2.05) is 51.1 Å². The maximum Gasteiger partial charge on any atom is 0.313 e. The number of hydrogen-bond acceptors (Lipinski definition) is 4. The van der Waals surface area contributed by atoms with Gasteiger partial charge in [0.25, 0.3) is 0 Å². The van der Waals surface area contributed by atoms with Crippen LogP contribution in [0.3, 0.4) is 0 Å². The van der Waals surface area contributed by atoms with Crippen molar-refractivity contribution in [3.63, 3.8) is 0 Å². The van der Waals surface area contributed by atoms with Crippen molar-refractivity contribution >= 4 is 5.97 Å². The standard InChI is InChI=1S/C15H23NO3/c1-15(2,3)19-14(18)12(13(17)16-4)10-11-8-6-5-7-9-11/h5-9,12-13,16-17H,10H2,1-4H3/t12?,13-/m0/s1. The van der Waals surface area contributed by atoms with Crippen LogP contribution in [0.4, 0.5) is 0 Å². The SMILES string of the molecule is CN[C@@H](O)C(Cc1ccccc1)C(=O)OC(C)(C)C. The van der Waals surface area contributed by atoms with Crippen LogP contribution >= 0.6 is 0 Å². The summed E-state index contributed by atoms with van der Waals surface area (Å²) >= 11 is 0. The second kappa shape index (κ2) is 6.68. The van der Waals surface area contributed by atoms with Gasteiger partial charge in [-0.2, -0.15) is 0 Å². The molecule has 0 bridgehead atoms. The molecule has 19 heavy (non-hydrogen) atoms. The molecule has 0 aromatic heterocycles. The lowest BCUT2D eigenvalue weighted by Gasteiger charge is -2.26. The molecule has 4 nitrogen and oxygen atoms in total. The number of esters is 1. The third-order valence-electron chi connectivity index (χ3n) is 2.68. The van der Waals surface area contributed by atoms with Crippen molar-refractivity contribution in [2.24, 2.45) is 5.92 Å². The third-order valence-corrected chi connectivity index (χ3v) is 2.68. The predicted octanol–water partition coefficient (Wildman–Crippen LogP) is 1.72. The Hall–Kier alpha value is -1.39. The van der Waals surface area contributed by atoms with E-state index >= 15 is 0 Å². The Morgan fingerprint density at radius 2 is 1.89 bits per heavy atom. The van der Waals surface area contributed by atoms with Gasteiger partial charge in [-0.1, -0.05) is 30.3 Å². The molecule has 2 atom stereocenters. The van der Waals surface area contributed by atoms with E-state index in [1.54, 1.807) is 7.05 Å². The molecule has 0 amide bonds. The number of aliphatic hydroxyl groups is 1. The molecule has 4 heteroatoms. The van der Waals surface area contributed by atoms with Crippen LogP contribution in [0.2, 0.25) is 0 Å². The number of ether oxygens (including phenoxy) is 1. The van der Waals surface area contributed by atoms with Gasteiger partial charge >= 0.3 is 5.97 Å². The Morgan fingerprint density at radius 1 is 1.32 bits per heavy atom. The van der Waals surface area contributed by atoms with Crippen LogP contribution in [0.25, 0.3) is 0 Å². The molecule has 0 fully saturated rings. The lowest BCUT2D eigenvalue weighted by Crippen LogP contribution is -2.42. The molecule has 1 aromatic rings. The maximum absolute atomic E-state index is 12.1. The zero-order chi connectivity index (χ0) is 14.5. The summed E-state index contributed by atoms with van der Waals surface area (Å²) in [5, 5.41) is 12.6. The smallest absolute Gasteiger partial charge is 0.313 e. The van der Waals surface area contributed by atoms with Crippen molar-refractivity contribution in [2.45, 2.75) is 39.0 Å². The van der Waals surface area contributed by atoms with Gasteiger partial charge in [0.1, 0.15) is 17.7 Å². The molecule has 0 saturated heterocycles. The van der Waals surface area contributed by atoms with Crippen molar-refractivity contribution in [1.82, 2.24) is 5.32 Å². The normalized spacial score (nSPS) is 14.8. The summed E-state index contributed by atoms with van der Waals surface area (Å²) in [4.78, 5) is 12.1. The summed E-state index contributed by atoms with van der Waals surface area (Å²) in [5.41, 5.74) is 0.437. The number of rotatable bonds is 5. The molecule has 1 rings (SSSR count). The Morgan fingerprint density at radius 3 is 2.37 bits per heavy atom. The van der Waals surface area contributed by atoms with E-state index in [1.165, 1.54) is 0 Å². The minimum Gasteiger partial charge on any atom is -0.460 e. The minimum absolute atomic E-state index is 0.391. The van der Waals surface area contributed by atoms with Gasteiger partial charge in [0.15, 0.2) is 0 Å². The maximum atomic E-state index is 12.1. The monoisotopic (exact) mass is 265 g/mol. The first-order valence-electron chi connectivity index (χ1n) is 6.45. The van der Waals surface area contributed by atoms with E-state index in [2.05, 4.69) is 5.32 Å². The van der Waals surface area contributed by atoms with Gasteiger partial charge in [-0.25, -0.2) is 0 Å². The minimum atomic E-state index is -0.921. The van der Waals surface area contributed by atoms with Crippen molar-refractivity contribution in [1.29, 1.82) is 0 Å². The van der Waals surface area contributed by atoms with Crippen LogP contribution in [0.15, 0.2) is 30.3 Å². The first kappa shape index (κ1) is 15.7. The molecule has 106 valence electrons. The molecule has 0 saturated carbocycles. The Kier molecular flexibility index (Phi) is 5.51. The lowest BCUT2D eigenvalue weighted by atomic mass is 9.97. The highest BCUT2D eigenvalue weighted by atomic mass is 16.6. The zero-order valence-electron chi connectivity index (χ0n) is 12.0. The average molecular weight is 265 g/mol. The van der Waals surface area contributed by atoms with E-state index < -0.39 is 23.7 Å². The Labute approximate surface area is 114 Å². The largest absolute Gasteiger partial charge is 0.460 e. The van der Waals surface area contributed by atoms with Crippen molar-refractivity contribution < 1.29 is 14.6 Å². The molecule has 0 aliphatic rings. The molecule has 0 radical (unpaired) electrons. The van der Waals surface area contributed by atoms with Crippen molar-refractivity contribution in [3.8, 4) is 0 Å². The fourth-order valence-corrected chi connectivity index (χ4v) is 1.77. The van der Waals surface area contributed by atoms with E-state index in [4.69, 9.17) is 4.74 Å².